The van der Waals surface area contributed by atoms with Crippen molar-refractivity contribution < 1.29 is 14.6 Å². The Hall–Kier alpha value is -0.770. The first-order chi connectivity index (χ1) is 7.28. The summed E-state index contributed by atoms with van der Waals surface area (Å²) in [4.78, 5) is 11.5. The highest BCUT2D eigenvalue weighted by molar-refractivity contribution is 5.68. The summed E-state index contributed by atoms with van der Waals surface area (Å²) in [6, 6.07) is -0.0985. The molecule has 3 atom stereocenters. The molecule has 1 aliphatic rings. The van der Waals surface area contributed by atoms with Crippen molar-refractivity contribution in [3.8, 4) is 0 Å². The molecule has 2 N–H and O–H groups in total. The van der Waals surface area contributed by atoms with E-state index < -0.39 is 17.8 Å². The van der Waals surface area contributed by atoms with Crippen molar-refractivity contribution in [2.45, 2.75) is 58.3 Å². The molecule has 0 bridgehead atoms. The summed E-state index contributed by atoms with van der Waals surface area (Å²) in [7, 11) is 0. The van der Waals surface area contributed by atoms with E-state index in [1.165, 1.54) is 0 Å². The fourth-order valence-electron chi connectivity index (χ4n) is 1.77. The Morgan fingerprint density at radius 2 is 2.06 bits per heavy atom. The molecule has 0 aromatic rings. The van der Waals surface area contributed by atoms with Gasteiger partial charge in [0.2, 0.25) is 0 Å². The van der Waals surface area contributed by atoms with Gasteiger partial charge in [-0.05, 0) is 39.5 Å². The Kier molecular flexibility index (Phi) is 4.19. The normalized spacial score (nSPS) is 30.9. The number of carbonyl (C=O) groups is 1. The topological polar surface area (TPSA) is 58.6 Å². The number of carbonyl (C=O) groups excluding carboxylic acids is 1. The maximum atomic E-state index is 11.5. The Labute approximate surface area is 97.4 Å². The molecule has 93 valence electrons. The highest BCUT2D eigenvalue weighted by atomic mass is 16.6. The van der Waals surface area contributed by atoms with Crippen molar-refractivity contribution in [2.24, 2.45) is 5.92 Å². The van der Waals surface area contributed by atoms with Crippen LogP contribution in [0.15, 0.2) is 0 Å². The molecule has 0 spiro atoms. The zero-order chi connectivity index (χ0) is 12.3. The number of amides is 1. The van der Waals surface area contributed by atoms with Gasteiger partial charge in [0.1, 0.15) is 5.60 Å². The minimum absolute atomic E-state index is 0.0985. The average Bonchev–Trinajstić information content (AvgIpc) is 2.08. The maximum Gasteiger partial charge on any atom is 0.407 e. The zero-order valence-corrected chi connectivity index (χ0v) is 10.5. The van der Waals surface area contributed by atoms with Crippen LogP contribution in [0.2, 0.25) is 0 Å². The second-order valence-electron chi connectivity index (χ2n) is 5.49. The fraction of sp³-hybridized carbons (Fsp3) is 0.833. The number of rotatable bonds is 1. The van der Waals surface area contributed by atoms with Crippen LogP contribution in [0.25, 0.3) is 0 Å². The third-order valence-corrected chi connectivity index (χ3v) is 2.64. The van der Waals surface area contributed by atoms with E-state index in [9.17, 15) is 9.90 Å². The van der Waals surface area contributed by atoms with Crippen LogP contribution in [0.5, 0.6) is 0 Å². The first kappa shape index (κ1) is 13.3. The van der Waals surface area contributed by atoms with Gasteiger partial charge >= 0.3 is 6.09 Å². The summed E-state index contributed by atoms with van der Waals surface area (Å²) in [5.74, 6) is 0.343. The van der Waals surface area contributed by atoms with E-state index in [-0.39, 0.29) is 6.04 Å². The number of hydrogen-bond donors (Lipinski definition) is 2. The Balaban J connectivity index is 2.43. The molecule has 16 heavy (non-hydrogen) atoms. The average molecular weight is 228 g/mol. The lowest BCUT2D eigenvalue weighted by Gasteiger charge is -2.32. The van der Waals surface area contributed by atoms with E-state index in [2.05, 4.69) is 12.2 Å². The van der Waals surface area contributed by atoms with Crippen LogP contribution in [-0.4, -0.2) is 28.9 Å². The molecule has 1 amide bonds. The van der Waals surface area contributed by atoms with Gasteiger partial charge in [-0.25, -0.2) is 4.79 Å². The SMILES string of the molecule is C[C@@H]1CC[C@H](O)[CH][C@H]1NC(=O)OC(C)(C)C. The molecule has 4 nitrogen and oxygen atoms in total. The minimum Gasteiger partial charge on any atom is -0.444 e. The van der Waals surface area contributed by atoms with Gasteiger partial charge in [-0.15, -0.1) is 0 Å². The van der Waals surface area contributed by atoms with Gasteiger partial charge in [-0.3, -0.25) is 0 Å². The summed E-state index contributed by atoms with van der Waals surface area (Å²) >= 11 is 0. The molecule has 0 aliphatic heterocycles. The molecule has 1 saturated carbocycles. The second-order valence-corrected chi connectivity index (χ2v) is 5.49. The smallest absolute Gasteiger partial charge is 0.407 e. The van der Waals surface area contributed by atoms with Crippen LogP contribution >= 0.6 is 0 Å². The Morgan fingerprint density at radius 1 is 1.44 bits per heavy atom. The zero-order valence-electron chi connectivity index (χ0n) is 10.5. The van der Waals surface area contributed by atoms with E-state index in [0.29, 0.717) is 5.92 Å². The lowest BCUT2D eigenvalue weighted by atomic mass is 9.84. The van der Waals surface area contributed by atoms with Crippen molar-refractivity contribution in [3.63, 3.8) is 0 Å². The summed E-state index contributed by atoms with van der Waals surface area (Å²) < 4.78 is 5.17. The molecular formula is C12H22NO3. The summed E-state index contributed by atoms with van der Waals surface area (Å²) in [5, 5.41) is 12.3. The molecule has 1 fully saturated rings. The van der Waals surface area contributed by atoms with Crippen molar-refractivity contribution in [3.05, 3.63) is 6.42 Å². The Bertz CT molecular complexity index is 247. The summed E-state index contributed by atoms with van der Waals surface area (Å²) in [5.41, 5.74) is -0.486. The number of ether oxygens (including phenoxy) is 1. The molecule has 1 radical (unpaired) electrons. The number of aliphatic hydroxyl groups is 1. The first-order valence-electron chi connectivity index (χ1n) is 5.80. The predicted molar refractivity (Wildman–Crippen MR) is 61.9 cm³/mol. The van der Waals surface area contributed by atoms with Crippen LogP contribution in [0.1, 0.15) is 40.5 Å². The third-order valence-electron chi connectivity index (χ3n) is 2.64. The molecule has 0 heterocycles. The standard InChI is InChI=1S/C12H22NO3/c1-8-5-6-9(14)7-10(8)13-11(15)16-12(2,3)4/h7-10,14H,5-6H2,1-4H3,(H,13,15)/t8-,9+,10-/m1/s1. The first-order valence-corrected chi connectivity index (χ1v) is 5.80. The minimum atomic E-state index is -0.486. The van der Waals surface area contributed by atoms with Gasteiger partial charge in [0.25, 0.3) is 0 Å². The molecule has 1 rings (SSSR count). The molecule has 4 heteroatoms. The summed E-state index contributed by atoms with van der Waals surface area (Å²) in [6.07, 6.45) is 2.62. The van der Waals surface area contributed by atoms with Crippen molar-refractivity contribution in [1.29, 1.82) is 0 Å². The highest BCUT2D eigenvalue weighted by Gasteiger charge is 2.29. The number of nitrogens with one attached hydrogen (secondary N) is 1. The lowest BCUT2D eigenvalue weighted by Crippen LogP contribution is -2.46. The molecule has 0 aromatic heterocycles. The molecule has 0 aromatic carbocycles. The number of alkyl carbamates (subject to hydrolysis) is 1. The van der Waals surface area contributed by atoms with Gasteiger partial charge in [0.05, 0.1) is 6.10 Å². The van der Waals surface area contributed by atoms with Gasteiger partial charge in [-0.1, -0.05) is 6.92 Å². The van der Waals surface area contributed by atoms with Crippen LogP contribution in [0, 0.1) is 12.3 Å². The Morgan fingerprint density at radius 3 is 2.62 bits per heavy atom. The number of hydrogen-bond acceptors (Lipinski definition) is 3. The van der Waals surface area contributed by atoms with Gasteiger partial charge in [0, 0.05) is 12.5 Å². The van der Waals surface area contributed by atoms with Crippen molar-refractivity contribution in [2.75, 3.05) is 0 Å². The van der Waals surface area contributed by atoms with Gasteiger partial charge < -0.3 is 15.2 Å². The van der Waals surface area contributed by atoms with Crippen LogP contribution in [0.4, 0.5) is 4.79 Å². The maximum absolute atomic E-state index is 11.5. The predicted octanol–water partition coefficient (Wildman–Crippen LogP) is 1.87. The van der Waals surface area contributed by atoms with E-state index >= 15 is 0 Å². The molecular weight excluding hydrogens is 206 g/mol. The van der Waals surface area contributed by atoms with Crippen LogP contribution < -0.4 is 5.32 Å². The third kappa shape index (κ3) is 4.39. The largest absolute Gasteiger partial charge is 0.444 e. The van der Waals surface area contributed by atoms with Gasteiger partial charge in [-0.2, -0.15) is 0 Å². The molecule has 0 saturated heterocycles. The molecule has 1 aliphatic carbocycles. The van der Waals surface area contributed by atoms with E-state index in [4.69, 9.17) is 4.74 Å². The van der Waals surface area contributed by atoms with Crippen LogP contribution in [0.3, 0.4) is 0 Å². The fourth-order valence-corrected chi connectivity index (χ4v) is 1.77. The van der Waals surface area contributed by atoms with Crippen molar-refractivity contribution >= 4 is 6.09 Å². The van der Waals surface area contributed by atoms with E-state index in [0.717, 1.165) is 12.8 Å². The highest BCUT2D eigenvalue weighted by Crippen LogP contribution is 2.23. The van der Waals surface area contributed by atoms with Crippen LogP contribution in [-0.2, 0) is 4.74 Å². The van der Waals surface area contributed by atoms with Crippen molar-refractivity contribution in [1.82, 2.24) is 5.32 Å². The summed E-state index contributed by atoms with van der Waals surface area (Å²) in [6.45, 7) is 7.55. The quantitative estimate of drug-likeness (QED) is 0.720. The monoisotopic (exact) mass is 228 g/mol. The molecule has 0 unspecified atom stereocenters. The van der Waals surface area contributed by atoms with E-state index in [1.54, 1.807) is 6.42 Å². The van der Waals surface area contributed by atoms with Gasteiger partial charge in [0.15, 0.2) is 0 Å². The lowest BCUT2D eigenvalue weighted by molar-refractivity contribution is 0.0467. The second kappa shape index (κ2) is 5.04. The van der Waals surface area contributed by atoms with E-state index in [1.807, 2.05) is 20.8 Å². The number of aliphatic hydroxyl groups excluding tert-OH is 1.